The van der Waals surface area contributed by atoms with Gasteiger partial charge >= 0.3 is 0 Å². The molecule has 3 aliphatic rings. The van der Waals surface area contributed by atoms with Crippen LogP contribution in [0.25, 0.3) is 11.1 Å². The number of amides is 1. The second kappa shape index (κ2) is 8.30. The number of aromatic nitrogens is 1. The summed E-state index contributed by atoms with van der Waals surface area (Å²) in [6.45, 7) is 0. The van der Waals surface area contributed by atoms with Gasteiger partial charge in [-0.3, -0.25) is 19.3 Å². The molecule has 0 unspecified atom stereocenters. The summed E-state index contributed by atoms with van der Waals surface area (Å²) in [5, 5.41) is 34.0. The number of ketones is 2. The van der Waals surface area contributed by atoms with E-state index in [1.807, 2.05) is 19.0 Å². The minimum Gasteiger partial charge on any atom is -0.510 e. The molecule has 11 nitrogen and oxygen atoms in total. The van der Waals surface area contributed by atoms with E-state index in [-0.39, 0.29) is 41.3 Å². The van der Waals surface area contributed by atoms with Gasteiger partial charge < -0.3 is 30.4 Å². The molecule has 5 N–H and O–H groups in total. The van der Waals surface area contributed by atoms with Gasteiger partial charge in [0.1, 0.15) is 22.6 Å². The topological polar surface area (TPSA) is 170 Å². The van der Waals surface area contributed by atoms with Crippen molar-refractivity contribution in [2.75, 3.05) is 33.1 Å². The normalized spacial score (nSPS) is 27.5. The number of benzene rings is 1. The number of Topliss-reactive ketones (excluding diaryl/α,β-unsaturated/α-hetero) is 2. The molecule has 5 rings (SSSR count). The molecule has 1 heterocycles. The lowest BCUT2D eigenvalue weighted by atomic mass is 9.58. The molecule has 0 aliphatic heterocycles. The van der Waals surface area contributed by atoms with Crippen LogP contribution in [-0.2, 0) is 21.9 Å². The van der Waals surface area contributed by atoms with Crippen molar-refractivity contribution in [3.8, 4) is 0 Å². The van der Waals surface area contributed by atoms with E-state index < -0.39 is 58.0 Å². The first-order valence-corrected chi connectivity index (χ1v) is 12.2. The van der Waals surface area contributed by atoms with Gasteiger partial charge in [0.15, 0.2) is 17.0 Å². The first kappa shape index (κ1) is 25.2. The molecule has 1 amide bonds. The van der Waals surface area contributed by atoms with Crippen molar-refractivity contribution < 1.29 is 34.1 Å². The van der Waals surface area contributed by atoms with Gasteiger partial charge in [-0.1, -0.05) is 0 Å². The Kier molecular flexibility index (Phi) is 5.67. The number of fused-ring (bicyclic) bond motifs is 5. The van der Waals surface area contributed by atoms with Gasteiger partial charge in [0.2, 0.25) is 11.7 Å². The van der Waals surface area contributed by atoms with Gasteiger partial charge in [-0.2, -0.15) is 0 Å². The summed E-state index contributed by atoms with van der Waals surface area (Å²) in [5.41, 5.74) is 3.99. The predicted octanol–water partition coefficient (Wildman–Crippen LogP) is 1.36. The average molecular weight is 531 g/mol. The quantitative estimate of drug-likeness (QED) is 0.334. The number of rotatable bonds is 4. The van der Waals surface area contributed by atoms with Gasteiger partial charge in [-0.15, -0.1) is 11.6 Å². The van der Waals surface area contributed by atoms with Crippen LogP contribution in [0, 0.1) is 11.8 Å². The number of primary amides is 1. The summed E-state index contributed by atoms with van der Waals surface area (Å²) in [7, 11) is 6.86. The lowest BCUT2D eigenvalue weighted by molar-refractivity contribution is -0.148. The first-order valence-electron chi connectivity index (χ1n) is 11.7. The smallest absolute Gasteiger partial charge is 0.255 e. The number of carbonyl (C=O) groups excluding carboxylic acids is 3. The zero-order chi connectivity index (χ0) is 27.1. The largest absolute Gasteiger partial charge is 0.510 e. The fourth-order valence-electron chi connectivity index (χ4n) is 6.19. The zero-order valence-corrected chi connectivity index (χ0v) is 21.5. The maximum Gasteiger partial charge on any atom is 0.255 e. The molecule has 0 saturated carbocycles. The van der Waals surface area contributed by atoms with Crippen molar-refractivity contribution in [1.82, 2.24) is 9.88 Å². The number of anilines is 1. The van der Waals surface area contributed by atoms with Crippen molar-refractivity contribution in [2.45, 2.75) is 30.4 Å². The van der Waals surface area contributed by atoms with E-state index in [0.29, 0.717) is 11.1 Å². The van der Waals surface area contributed by atoms with E-state index in [4.69, 9.17) is 21.8 Å². The molecular formula is C25H27ClN4O7. The number of likely N-dealkylation sites (N-methyl/N-ethyl adjacent to an activating group) is 1. The lowest BCUT2D eigenvalue weighted by Crippen LogP contribution is -2.63. The minimum atomic E-state index is -2.63. The highest BCUT2D eigenvalue weighted by Crippen LogP contribution is 2.53. The predicted molar refractivity (Wildman–Crippen MR) is 133 cm³/mol. The number of nitrogens with zero attached hydrogens (tertiary/aromatic N) is 3. The van der Waals surface area contributed by atoms with Crippen molar-refractivity contribution in [3.05, 3.63) is 45.7 Å². The SMILES string of the molecule is CN(C)c1cc2nc(CCl)oc2c2c1C[C@H]1C[C@H]3[C@H](N(C)C)C(O)=C(C(N)=O)C(=O)[C@@]3(O)C(O)=C1C2=O. The van der Waals surface area contributed by atoms with Gasteiger partial charge in [-0.05, 0) is 44.5 Å². The molecule has 4 atom stereocenters. The standard InChI is InChI=1S/C25H27ClN4O7/c1-29(2)13-7-12-21(37-14(8-26)28-12)16-10(13)5-9-6-11-18(30(3)4)20(32)17(24(27)35)23(34)25(11,36)22(33)15(9)19(16)31/h7,9,11,18,32-33,36H,5-6,8H2,1-4H3,(H2,27,35)/t9-,11-,18-,25-/m0/s1. The van der Waals surface area contributed by atoms with Gasteiger partial charge in [0, 0.05) is 31.3 Å². The molecule has 0 fully saturated rings. The van der Waals surface area contributed by atoms with Crippen LogP contribution in [0.2, 0.25) is 0 Å². The van der Waals surface area contributed by atoms with Crippen LogP contribution in [0.3, 0.4) is 0 Å². The number of hydrogen-bond donors (Lipinski definition) is 4. The highest BCUT2D eigenvalue weighted by Gasteiger charge is 2.63. The van der Waals surface area contributed by atoms with Gasteiger partial charge in [-0.25, -0.2) is 4.98 Å². The first-order chi connectivity index (χ1) is 17.3. The number of carbonyl (C=O) groups is 3. The molecule has 0 bridgehead atoms. The molecule has 2 aromatic rings. The summed E-state index contributed by atoms with van der Waals surface area (Å²) in [4.78, 5) is 47.3. The van der Waals surface area contributed by atoms with E-state index in [1.165, 1.54) is 4.90 Å². The third kappa shape index (κ3) is 3.27. The molecule has 0 radical (unpaired) electrons. The van der Waals surface area contributed by atoms with Crippen molar-refractivity contribution in [3.63, 3.8) is 0 Å². The Labute approximate surface area is 216 Å². The molecule has 0 spiro atoms. The molecule has 1 aromatic heterocycles. The Morgan fingerprint density at radius 3 is 2.51 bits per heavy atom. The number of hydrogen-bond acceptors (Lipinski definition) is 10. The number of aliphatic hydroxyl groups is 3. The van der Waals surface area contributed by atoms with E-state index in [9.17, 15) is 29.7 Å². The average Bonchev–Trinajstić information content (AvgIpc) is 3.23. The third-order valence-corrected chi connectivity index (χ3v) is 7.95. The van der Waals surface area contributed by atoms with Crippen LogP contribution in [0.15, 0.2) is 33.1 Å². The fraction of sp³-hybridized carbons (Fsp3) is 0.440. The molecule has 12 heteroatoms. The van der Waals surface area contributed by atoms with Crippen molar-refractivity contribution >= 4 is 45.9 Å². The van der Waals surface area contributed by atoms with Gasteiger partial charge in [0.25, 0.3) is 5.91 Å². The summed E-state index contributed by atoms with van der Waals surface area (Å²) in [6, 6.07) is 0.789. The summed E-state index contributed by atoms with van der Waals surface area (Å²) < 4.78 is 5.78. The van der Waals surface area contributed by atoms with Crippen LogP contribution in [0.4, 0.5) is 5.69 Å². The zero-order valence-electron chi connectivity index (χ0n) is 20.7. The Hall–Kier alpha value is -3.41. The van der Waals surface area contributed by atoms with Crippen molar-refractivity contribution in [2.24, 2.45) is 17.6 Å². The van der Waals surface area contributed by atoms with Crippen molar-refractivity contribution in [1.29, 1.82) is 0 Å². The maximum absolute atomic E-state index is 14.0. The lowest BCUT2D eigenvalue weighted by Gasteiger charge is -2.50. The Morgan fingerprint density at radius 2 is 1.95 bits per heavy atom. The molecular weight excluding hydrogens is 504 g/mol. The number of halogens is 1. The molecule has 3 aliphatic carbocycles. The Balaban J connectivity index is 1.78. The monoisotopic (exact) mass is 530 g/mol. The van der Waals surface area contributed by atoms with Crippen LogP contribution in [-0.4, -0.2) is 82.5 Å². The van der Waals surface area contributed by atoms with Crippen LogP contribution < -0.4 is 10.6 Å². The Morgan fingerprint density at radius 1 is 1.27 bits per heavy atom. The van der Waals surface area contributed by atoms with Gasteiger partial charge in [0.05, 0.1) is 17.5 Å². The molecule has 37 heavy (non-hydrogen) atoms. The Bertz CT molecular complexity index is 1460. The second-order valence-electron chi connectivity index (χ2n) is 10.2. The van der Waals surface area contributed by atoms with E-state index in [0.717, 1.165) is 5.69 Å². The fourth-order valence-corrected chi connectivity index (χ4v) is 6.30. The number of aliphatic hydroxyl groups excluding tert-OH is 2. The number of nitrogens with two attached hydrogens (primary N) is 1. The number of alkyl halides is 1. The summed E-state index contributed by atoms with van der Waals surface area (Å²) in [5.74, 6) is -5.94. The number of allylic oxidation sites excluding steroid dienone is 1. The van der Waals surface area contributed by atoms with E-state index in [1.54, 1.807) is 20.2 Å². The highest BCUT2D eigenvalue weighted by molar-refractivity contribution is 6.25. The maximum atomic E-state index is 14.0. The minimum absolute atomic E-state index is 0.0148. The molecule has 1 aromatic carbocycles. The van der Waals surface area contributed by atoms with E-state index >= 15 is 0 Å². The van der Waals surface area contributed by atoms with E-state index in [2.05, 4.69) is 4.98 Å². The van der Waals surface area contributed by atoms with Crippen LogP contribution >= 0.6 is 11.6 Å². The molecule has 0 saturated heterocycles. The third-order valence-electron chi connectivity index (χ3n) is 7.72. The highest BCUT2D eigenvalue weighted by atomic mass is 35.5. The second-order valence-corrected chi connectivity index (χ2v) is 10.5. The molecule has 196 valence electrons. The van der Waals surface area contributed by atoms with Crippen LogP contribution in [0.1, 0.15) is 28.2 Å². The number of oxazole rings is 1. The summed E-state index contributed by atoms with van der Waals surface area (Å²) >= 11 is 5.92. The summed E-state index contributed by atoms with van der Waals surface area (Å²) in [6.07, 6.45) is 0.356. The van der Waals surface area contributed by atoms with Crippen LogP contribution in [0.5, 0.6) is 0 Å².